The maximum Gasteiger partial charge on any atom is 0.255 e. The predicted molar refractivity (Wildman–Crippen MR) is 114 cm³/mol. The number of carbonyl (C=O) groups excluding carboxylic acids is 1. The molecular weight excluding hydrogens is 427 g/mol. The van der Waals surface area contributed by atoms with Crippen LogP contribution in [-0.2, 0) is 23.2 Å². The molecule has 0 fully saturated rings. The number of rotatable bonds is 8. The van der Waals surface area contributed by atoms with Gasteiger partial charge in [-0.1, -0.05) is 24.3 Å². The molecule has 1 aromatic heterocycles. The Morgan fingerprint density at radius 3 is 2.47 bits per heavy atom. The van der Waals surface area contributed by atoms with Gasteiger partial charge in [0, 0.05) is 19.0 Å². The number of carbonyl (C=O) groups is 1. The van der Waals surface area contributed by atoms with E-state index in [2.05, 4.69) is 5.32 Å². The molecule has 0 unspecified atom stereocenters. The van der Waals surface area contributed by atoms with Crippen LogP contribution in [0.15, 0.2) is 64.9 Å². The molecule has 0 aliphatic heterocycles. The highest BCUT2D eigenvalue weighted by Gasteiger charge is 2.20. The van der Waals surface area contributed by atoms with Crippen LogP contribution in [-0.4, -0.2) is 32.7 Å². The summed E-state index contributed by atoms with van der Waals surface area (Å²) in [4.78, 5) is 13.4. The first-order valence-electron chi connectivity index (χ1n) is 9.03. The predicted octanol–water partition coefficient (Wildman–Crippen LogP) is 3.65. The van der Waals surface area contributed by atoms with Crippen LogP contribution in [0.2, 0.25) is 0 Å². The van der Waals surface area contributed by atoms with E-state index < -0.39 is 10.0 Å². The first kappa shape index (κ1) is 21.9. The van der Waals surface area contributed by atoms with Gasteiger partial charge >= 0.3 is 0 Å². The molecule has 0 aliphatic rings. The maximum atomic E-state index is 13.0. The van der Waals surface area contributed by atoms with E-state index in [-0.39, 0.29) is 29.1 Å². The SMILES string of the molecule is CN(C)S(=O)(=O)c1ccc(CNC(=O)c2ccccc2OCc2ccc(F)cc2)s1. The Morgan fingerprint density at radius 1 is 1.07 bits per heavy atom. The van der Waals surface area contributed by atoms with Crippen molar-refractivity contribution in [1.29, 1.82) is 0 Å². The van der Waals surface area contributed by atoms with Gasteiger partial charge in [0.15, 0.2) is 0 Å². The van der Waals surface area contributed by atoms with Gasteiger partial charge < -0.3 is 10.1 Å². The molecule has 0 aliphatic carbocycles. The average molecular weight is 449 g/mol. The lowest BCUT2D eigenvalue weighted by Crippen LogP contribution is -2.23. The lowest BCUT2D eigenvalue weighted by atomic mass is 10.2. The highest BCUT2D eigenvalue weighted by atomic mass is 32.2. The van der Waals surface area contributed by atoms with E-state index in [1.165, 1.54) is 32.3 Å². The maximum absolute atomic E-state index is 13.0. The summed E-state index contributed by atoms with van der Waals surface area (Å²) in [5.74, 6) is -0.259. The lowest BCUT2D eigenvalue weighted by molar-refractivity contribution is 0.0946. The number of nitrogens with zero attached hydrogens (tertiary/aromatic N) is 1. The largest absolute Gasteiger partial charge is 0.488 e. The molecule has 0 radical (unpaired) electrons. The Hall–Kier alpha value is -2.75. The first-order valence-corrected chi connectivity index (χ1v) is 11.3. The van der Waals surface area contributed by atoms with Crippen molar-refractivity contribution >= 4 is 27.3 Å². The number of para-hydroxylation sites is 1. The fourth-order valence-corrected chi connectivity index (χ4v) is 5.02. The van der Waals surface area contributed by atoms with E-state index in [1.807, 2.05) is 0 Å². The molecular formula is C21H21FN2O4S2. The summed E-state index contributed by atoms with van der Waals surface area (Å²) in [6.45, 7) is 0.389. The van der Waals surface area contributed by atoms with Crippen LogP contribution in [0.5, 0.6) is 5.75 Å². The monoisotopic (exact) mass is 448 g/mol. The number of halogens is 1. The van der Waals surface area contributed by atoms with Gasteiger partial charge in [0.2, 0.25) is 0 Å². The molecule has 9 heteroatoms. The van der Waals surface area contributed by atoms with Gasteiger partial charge in [-0.2, -0.15) is 0 Å². The number of benzene rings is 2. The second kappa shape index (κ2) is 9.38. The van der Waals surface area contributed by atoms with Crippen molar-refractivity contribution in [1.82, 2.24) is 9.62 Å². The molecule has 158 valence electrons. The Labute approximate surface area is 179 Å². The van der Waals surface area contributed by atoms with Gasteiger partial charge in [0.05, 0.1) is 12.1 Å². The molecule has 0 saturated carbocycles. The Morgan fingerprint density at radius 2 is 1.77 bits per heavy atom. The number of hydrogen-bond acceptors (Lipinski definition) is 5. The molecule has 6 nitrogen and oxygen atoms in total. The molecule has 3 rings (SSSR count). The van der Waals surface area contributed by atoms with E-state index in [4.69, 9.17) is 4.74 Å². The van der Waals surface area contributed by atoms with E-state index in [9.17, 15) is 17.6 Å². The summed E-state index contributed by atoms with van der Waals surface area (Å²) in [5.41, 5.74) is 1.14. The third-order valence-corrected chi connectivity index (χ3v) is 7.60. The van der Waals surface area contributed by atoms with Gasteiger partial charge in [-0.25, -0.2) is 17.1 Å². The van der Waals surface area contributed by atoms with Crippen LogP contribution >= 0.6 is 11.3 Å². The first-order chi connectivity index (χ1) is 14.3. The number of hydrogen-bond donors (Lipinski definition) is 1. The summed E-state index contributed by atoms with van der Waals surface area (Å²) in [7, 11) is -0.551. The van der Waals surface area contributed by atoms with Crippen molar-refractivity contribution in [2.75, 3.05) is 14.1 Å². The minimum absolute atomic E-state index is 0.193. The number of ether oxygens (including phenoxy) is 1. The van der Waals surface area contributed by atoms with E-state index in [0.29, 0.717) is 16.2 Å². The van der Waals surface area contributed by atoms with Crippen molar-refractivity contribution < 1.29 is 22.3 Å². The van der Waals surface area contributed by atoms with Crippen molar-refractivity contribution in [2.45, 2.75) is 17.4 Å². The standard InChI is InChI=1S/C21H21FN2O4S2/c1-24(2)30(26,27)20-12-11-17(29-20)13-23-21(25)18-5-3-4-6-19(18)28-14-15-7-9-16(22)10-8-15/h3-12H,13-14H2,1-2H3,(H,23,25). The molecule has 1 amide bonds. The Bertz CT molecular complexity index is 1130. The summed E-state index contributed by atoms with van der Waals surface area (Å²) in [6.07, 6.45) is 0. The summed E-state index contributed by atoms with van der Waals surface area (Å²) < 4.78 is 44.5. The minimum Gasteiger partial charge on any atom is -0.488 e. The van der Waals surface area contributed by atoms with Crippen LogP contribution in [0.1, 0.15) is 20.8 Å². The van der Waals surface area contributed by atoms with Crippen molar-refractivity contribution in [3.63, 3.8) is 0 Å². The molecule has 0 atom stereocenters. The van der Waals surface area contributed by atoms with Crippen molar-refractivity contribution in [3.05, 3.63) is 82.5 Å². The van der Waals surface area contributed by atoms with Crippen LogP contribution in [0.25, 0.3) is 0 Å². The fraction of sp³-hybridized carbons (Fsp3) is 0.190. The third-order valence-electron chi connectivity index (χ3n) is 4.23. The number of thiophene rings is 1. The van der Waals surface area contributed by atoms with Crippen LogP contribution in [0, 0.1) is 5.82 Å². The summed E-state index contributed by atoms with van der Waals surface area (Å²) >= 11 is 1.11. The van der Waals surface area contributed by atoms with E-state index >= 15 is 0 Å². The van der Waals surface area contributed by atoms with Crippen molar-refractivity contribution in [2.24, 2.45) is 0 Å². The number of nitrogens with one attached hydrogen (secondary N) is 1. The van der Waals surface area contributed by atoms with Gasteiger partial charge in [-0.3, -0.25) is 4.79 Å². The van der Waals surface area contributed by atoms with E-state index in [0.717, 1.165) is 21.2 Å². The molecule has 2 aromatic carbocycles. The highest BCUT2D eigenvalue weighted by Crippen LogP contribution is 2.24. The average Bonchev–Trinajstić information content (AvgIpc) is 3.21. The van der Waals surface area contributed by atoms with Crippen LogP contribution in [0.4, 0.5) is 4.39 Å². The lowest BCUT2D eigenvalue weighted by Gasteiger charge is -2.11. The van der Waals surface area contributed by atoms with Crippen LogP contribution in [0.3, 0.4) is 0 Å². The number of sulfonamides is 1. The molecule has 1 N–H and O–H groups in total. The van der Waals surface area contributed by atoms with Gasteiger partial charge in [0.1, 0.15) is 22.4 Å². The molecule has 0 bridgehead atoms. The van der Waals surface area contributed by atoms with Gasteiger partial charge in [-0.05, 0) is 42.0 Å². The van der Waals surface area contributed by atoms with Gasteiger partial charge in [0.25, 0.3) is 15.9 Å². The smallest absolute Gasteiger partial charge is 0.255 e. The zero-order chi connectivity index (χ0) is 21.7. The second-order valence-electron chi connectivity index (χ2n) is 6.60. The molecule has 30 heavy (non-hydrogen) atoms. The number of amides is 1. The zero-order valence-corrected chi connectivity index (χ0v) is 18.1. The molecule has 3 aromatic rings. The second-order valence-corrected chi connectivity index (χ2v) is 10.1. The highest BCUT2D eigenvalue weighted by molar-refractivity contribution is 7.91. The molecule has 0 saturated heterocycles. The normalized spacial score (nSPS) is 11.5. The zero-order valence-electron chi connectivity index (χ0n) is 16.5. The Balaban J connectivity index is 1.65. The fourth-order valence-electron chi connectivity index (χ4n) is 2.56. The molecule has 0 spiro atoms. The quantitative estimate of drug-likeness (QED) is 0.571. The molecule has 1 heterocycles. The Kier molecular flexibility index (Phi) is 6.86. The summed E-state index contributed by atoms with van der Waals surface area (Å²) in [6, 6.07) is 16.0. The third kappa shape index (κ3) is 5.24. The minimum atomic E-state index is -3.49. The summed E-state index contributed by atoms with van der Waals surface area (Å²) in [5, 5.41) is 2.79. The van der Waals surface area contributed by atoms with Gasteiger partial charge in [-0.15, -0.1) is 11.3 Å². The van der Waals surface area contributed by atoms with Crippen LogP contribution < -0.4 is 10.1 Å². The topological polar surface area (TPSA) is 75.7 Å². The van der Waals surface area contributed by atoms with Crippen molar-refractivity contribution in [3.8, 4) is 5.75 Å². The van der Waals surface area contributed by atoms with E-state index in [1.54, 1.807) is 42.5 Å².